The van der Waals surface area contributed by atoms with Crippen molar-refractivity contribution in [2.75, 3.05) is 0 Å². The van der Waals surface area contributed by atoms with Gasteiger partial charge < -0.3 is 4.42 Å². The first kappa shape index (κ1) is 16.8. The Kier molecular flexibility index (Phi) is 4.62. The Morgan fingerprint density at radius 1 is 1.16 bits per heavy atom. The van der Waals surface area contributed by atoms with E-state index in [-0.39, 0.29) is 17.2 Å². The average molecular weight is 357 g/mol. The summed E-state index contributed by atoms with van der Waals surface area (Å²) in [6.45, 7) is 1.94. The fraction of sp³-hybridized carbons (Fsp3) is 0.118. The number of nitrogens with one attached hydrogen (secondary N) is 1. The summed E-state index contributed by atoms with van der Waals surface area (Å²) < 4.78 is 31.9. The first-order valence-electron chi connectivity index (χ1n) is 7.42. The molecule has 1 heterocycles. The van der Waals surface area contributed by atoms with Crippen molar-refractivity contribution < 1.29 is 17.6 Å². The summed E-state index contributed by atoms with van der Waals surface area (Å²) in [6.07, 6.45) is 1.13. The molecule has 0 saturated heterocycles. The summed E-state index contributed by atoms with van der Waals surface area (Å²) in [5.74, 6) is -0.407. The van der Waals surface area contributed by atoms with Gasteiger partial charge in [0.25, 0.3) is 10.0 Å². The Labute approximate surface area is 144 Å². The molecule has 0 aliphatic rings. The smallest absolute Gasteiger partial charge is 0.264 e. The molecule has 0 aliphatic heterocycles. The van der Waals surface area contributed by atoms with Gasteiger partial charge in [-0.3, -0.25) is 4.79 Å². The number of carbonyl (C=O) groups excluding carboxylic acids is 1. The van der Waals surface area contributed by atoms with Crippen molar-refractivity contribution in [2.45, 2.75) is 18.2 Å². The van der Waals surface area contributed by atoms with Crippen LogP contribution in [0.15, 0.2) is 64.2 Å². The molecule has 0 saturated carbocycles. The monoisotopic (exact) mass is 357 g/mol. The summed E-state index contributed by atoms with van der Waals surface area (Å²) in [5, 5.41) is 7.29. The molecule has 0 aliphatic carbocycles. The number of hydrogen-bond donors (Lipinski definition) is 1. The normalized spacial score (nSPS) is 11.2. The molecule has 1 N–H and O–H groups in total. The molecule has 128 valence electrons. The highest BCUT2D eigenvalue weighted by atomic mass is 32.2. The number of nitrogens with zero attached hydrogens (tertiary/aromatic N) is 2. The number of aryl methyl sites for hydroxylation is 1. The van der Waals surface area contributed by atoms with Crippen LogP contribution in [0.1, 0.15) is 11.1 Å². The molecule has 0 fully saturated rings. The van der Waals surface area contributed by atoms with Gasteiger partial charge in [-0.1, -0.05) is 35.9 Å². The minimum absolute atomic E-state index is 0.0249. The highest BCUT2D eigenvalue weighted by molar-refractivity contribution is 7.90. The van der Waals surface area contributed by atoms with E-state index in [1.807, 2.05) is 19.1 Å². The highest BCUT2D eigenvalue weighted by Gasteiger charge is 2.19. The van der Waals surface area contributed by atoms with E-state index >= 15 is 0 Å². The number of benzene rings is 2. The van der Waals surface area contributed by atoms with Crippen LogP contribution in [-0.4, -0.2) is 24.5 Å². The fourth-order valence-corrected chi connectivity index (χ4v) is 3.26. The van der Waals surface area contributed by atoms with Crippen LogP contribution in [0.3, 0.4) is 0 Å². The van der Waals surface area contributed by atoms with Crippen LogP contribution in [0.5, 0.6) is 0 Å². The lowest BCUT2D eigenvalue weighted by molar-refractivity contribution is -0.118. The lowest BCUT2D eigenvalue weighted by Gasteiger charge is -2.08. The molecule has 0 bridgehead atoms. The van der Waals surface area contributed by atoms with E-state index in [4.69, 9.17) is 4.42 Å². The molecule has 2 aromatic carbocycles. The topological polar surface area (TPSA) is 102 Å². The maximum Gasteiger partial charge on any atom is 0.264 e. The molecule has 8 heteroatoms. The van der Waals surface area contributed by atoms with Gasteiger partial charge in [0.1, 0.15) is 0 Å². The number of sulfonamides is 1. The third kappa shape index (κ3) is 4.10. The van der Waals surface area contributed by atoms with E-state index in [9.17, 15) is 13.2 Å². The van der Waals surface area contributed by atoms with Crippen molar-refractivity contribution in [1.29, 1.82) is 0 Å². The first-order valence-corrected chi connectivity index (χ1v) is 8.90. The predicted octanol–water partition coefficient (Wildman–Crippen LogP) is 2.09. The lowest BCUT2D eigenvalue weighted by Crippen LogP contribution is -2.31. The molecule has 0 unspecified atom stereocenters. The molecular formula is C17H15N3O4S. The Hall–Kier alpha value is -3.00. The van der Waals surface area contributed by atoms with E-state index in [0.717, 1.165) is 17.5 Å². The minimum Gasteiger partial charge on any atom is -0.423 e. The third-order valence-corrected chi connectivity index (χ3v) is 4.86. The Morgan fingerprint density at radius 2 is 1.92 bits per heavy atom. The summed E-state index contributed by atoms with van der Waals surface area (Å²) in [4.78, 5) is 12.0. The van der Waals surface area contributed by atoms with Crippen LogP contribution in [0, 0.1) is 6.92 Å². The lowest BCUT2D eigenvalue weighted by atomic mass is 10.1. The van der Waals surface area contributed by atoms with Gasteiger partial charge in [0, 0.05) is 5.56 Å². The van der Waals surface area contributed by atoms with Crippen molar-refractivity contribution in [2.24, 2.45) is 0 Å². The van der Waals surface area contributed by atoms with Crippen LogP contribution in [0.4, 0.5) is 0 Å². The second kappa shape index (κ2) is 6.86. The summed E-state index contributed by atoms with van der Waals surface area (Å²) in [7, 11) is -3.99. The van der Waals surface area contributed by atoms with E-state index in [0.29, 0.717) is 5.56 Å². The van der Waals surface area contributed by atoms with E-state index in [2.05, 4.69) is 14.9 Å². The number of hydrogen-bond acceptors (Lipinski definition) is 6. The second-order valence-corrected chi connectivity index (χ2v) is 7.15. The quantitative estimate of drug-likeness (QED) is 0.750. The second-order valence-electron chi connectivity index (χ2n) is 5.46. The molecular weight excluding hydrogens is 342 g/mol. The zero-order valence-electron chi connectivity index (χ0n) is 13.3. The molecule has 0 atom stereocenters. The van der Waals surface area contributed by atoms with Crippen molar-refractivity contribution in [3.8, 4) is 11.5 Å². The van der Waals surface area contributed by atoms with Crippen molar-refractivity contribution >= 4 is 15.9 Å². The van der Waals surface area contributed by atoms with Crippen LogP contribution in [0.25, 0.3) is 11.5 Å². The van der Waals surface area contributed by atoms with Gasteiger partial charge in [-0.15, -0.1) is 10.2 Å². The van der Waals surface area contributed by atoms with Crippen molar-refractivity contribution in [3.05, 3.63) is 66.1 Å². The summed E-state index contributed by atoms with van der Waals surface area (Å²) >= 11 is 0. The predicted molar refractivity (Wildman–Crippen MR) is 89.9 cm³/mol. The Morgan fingerprint density at radius 3 is 2.60 bits per heavy atom. The fourth-order valence-electron chi connectivity index (χ4n) is 2.23. The van der Waals surface area contributed by atoms with Gasteiger partial charge in [-0.25, -0.2) is 13.1 Å². The Bertz CT molecular complexity index is 981. The zero-order chi connectivity index (χ0) is 17.9. The number of aromatic nitrogens is 2. The standard InChI is InChI=1S/C17H15N3O4S/c1-12-5-7-13(8-6-12)9-16(21)20-25(22,23)15-4-2-3-14(10-15)17-19-18-11-24-17/h2-8,10-11H,9H2,1H3,(H,20,21). The first-order chi connectivity index (χ1) is 11.9. The van der Waals surface area contributed by atoms with Gasteiger partial charge >= 0.3 is 0 Å². The van der Waals surface area contributed by atoms with Crippen molar-refractivity contribution in [1.82, 2.24) is 14.9 Å². The van der Waals surface area contributed by atoms with Gasteiger partial charge in [0.2, 0.25) is 18.2 Å². The SMILES string of the molecule is Cc1ccc(CC(=O)NS(=O)(=O)c2cccc(-c3nnco3)c2)cc1. The molecule has 0 spiro atoms. The largest absolute Gasteiger partial charge is 0.423 e. The maximum absolute atomic E-state index is 12.4. The summed E-state index contributed by atoms with van der Waals surface area (Å²) in [6, 6.07) is 13.3. The van der Waals surface area contributed by atoms with Gasteiger partial charge in [0.15, 0.2) is 0 Å². The zero-order valence-corrected chi connectivity index (χ0v) is 14.2. The molecule has 7 nitrogen and oxygen atoms in total. The van der Waals surface area contributed by atoms with E-state index < -0.39 is 15.9 Å². The van der Waals surface area contributed by atoms with Gasteiger partial charge in [0.05, 0.1) is 11.3 Å². The van der Waals surface area contributed by atoms with Crippen LogP contribution < -0.4 is 4.72 Å². The van der Waals surface area contributed by atoms with E-state index in [1.54, 1.807) is 24.3 Å². The Balaban J connectivity index is 1.76. The van der Waals surface area contributed by atoms with Gasteiger partial charge in [-0.2, -0.15) is 0 Å². The van der Waals surface area contributed by atoms with Crippen molar-refractivity contribution in [3.63, 3.8) is 0 Å². The van der Waals surface area contributed by atoms with Gasteiger partial charge in [-0.05, 0) is 30.7 Å². The highest BCUT2D eigenvalue weighted by Crippen LogP contribution is 2.20. The maximum atomic E-state index is 12.4. The van der Waals surface area contributed by atoms with Crippen LogP contribution in [0.2, 0.25) is 0 Å². The number of rotatable bonds is 5. The molecule has 1 aromatic heterocycles. The van der Waals surface area contributed by atoms with E-state index in [1.165, 1.54) is 12.1 Å². The molecule has 3 aromatic rings. The molecule has 25 heavy (non-hydrogen) atoms. The molecule has 3 rings (SSSR count). The number of amides is 1. The van der Waals surface area contributed by atoms with Crippen LogP contribution in [-0.2, 0) is 21.2 Å². The average Bonchev–Trinajstić information content (AvgIpc) is 3.11. The third-order valence-electron chi connectivity index (χ3n) is 3.48. The molecule has 1 amide bonds. The van der Waals surface area contributed by atoms with Crippen LogP contribution >= 0.6 is 0 Å². The number of carbonyl (C=O) groups is 1. The minimum atomic E-state index is -3.99. The summed E-state index contributed by atoms with van der Waals surface area (Å²) in [5.41, 5.74) is 2.25. The molecule has 0 radical (unpaired) electrons.